The molecule has 1 heterocycles. The van der Waals surface area contributed by atoms with Crippen molar-refractivity contribution < 1.29 is 0 Å². The first-order valence-corrected chi connectivity index (χ1v) is 5.87. The summed E-state index contributed by atoms with van der Waals surface area (Å²) in [6, 6.07) is 12.1. The van der Waals surface area contributed by atoms with Crippen molar-refractivity contribution >= 4 is 23.1 Å². The van der Waals surface area contributed by atoms with Gasteiger partial charge >= 0.3 is 0 Å². The normalized spacial score (nSPS) is 11.1. The summed E-state index contributed by atoms with van der Waals surface area (Å²) in [5.74, 6) is 0. The highest BCUT2D eigenvalue weighted by molar-refractivity contribution is 7.11. The predicted octanol–water partition coefficient (Wildman–Crippen LogP) is 4.47. The van der Waals surface area contributed by atoms with Crippen LogP contribution in [0.5, 0.6) is 0 Å². The highest BCUT2D eigenvalue weighted by Crippen LogP contribution is 2.23. The van der Waals surface area contributed by atoms with E-state index in [2.05, 4.69) is 23.9 Å². The van der Waals surface area contributed by atoms with Crippen LogP contribution in [0.25, 0.3) is 16.6 Å². The standard InChI is InChI=1S/C14H11NS/c1-11-5-7-12(8-6-11)10-13(15-2)14-4-3-9-16-14/h3-10H,1H3. The zero-order valence-electron chi connectivity index (χ0n) is 8.97. The third kappa shape index (κ3) is 2.39. The molecule has 16 heavy (non-hydrogen) atoms. The van der Waals surface area contributed by atoms with E-state index < -0.39 is 0 Å². The molecule has 0 spiro atoms. The highest BCUT2D eigenvalue weighted by Gasteiger charge is 2.01. The van der Waals surface area contributed by atoms with Crippen LogP contribution in [0, 0.1) is 13.5 Å². The largest absolute Gasteiger partial charge is 0.237 e. The topological polar surface area (TPSA) is 4.36 Å². The Bertz CT molecular complexity index is 527. The Kier molecular flexibility index (Phi) is 3.19. The summed E-state index contributed by atoms with van der Waals surface area (Å²) in [6.45, 7) is 9.25. The number of thiophene rings is 1. The zero-order chi connectivity index (χ0) is 11.4. The van der Waals surface area contributed by atoms with Crippen molar-refractivity contribution in [1.82, 2.24) is 0 Å². The van der Waals surface area contributed by atoms with Crippen molar-refractivity contribution in [3.8, 4) is 0 Å². The Morgan fingerprint density at radius 3 is 2.56 bits per heavy atom. The molecule has 0 fully saturated rings. The van der Waals surface area contributed by atoms with E-state index in [0.717, 1.165) is 10.4 Å². The molecular formula is C14H11NS. The lowest BCUT2D eigenvalue weighted by molar-refractivity contribution is 1.46. The minimum absolute atomic E-state index is 0.707. The van der Waals surface area contributed by atoms with Gasteiger partial charge in [0.15, 0.2) is 0 Å². The Morgan fingerprint density at radius 1 is 1.25 bits per heavy atom. The fourth-order valence-electron chi connectivity index (χ4n) is 1.40. The molecule has 0 saturated carbocycles. The smallest absolute Gasteiger partial charge is 0.204 e. The van der Waals surface area contributed by atoms with Crippen molar-refractivity contribution in [1.29, 1.82) is 0 Å². The quantitative estimate of drug-likeness (QED) is 0.664. The third-order valence-corrected chi connectivity index (χ3v) is 3.17. The van der Waals surface area contributed by atoms with Gasteiger partial charge in [-0.3, -0.25) is 0 Å². The summed E-state index contributed by atoms with van der Waals surface area (Å²) in [7, 11) is 0. The van der Waals surface area contributed by atoms with Crippen LogP contribution in [-0.4, -0.2) is 0 Å². The van der Waals surface area contributed by atoms with Gasteiger partial charge in [-0.25, -0.2) is 4.85 Å². The molecule has 0 aliphatic carbocycles. The second-order valence-corrected chi connectivity index (χ2v) is 4.48. The summed E-state index contributed by atoms with van der Waals surface area (Å²) in [5, 5.41) is 1.99. The van der Waals surface area contributed by atoms with Crippen LogP contribution in [0.3, 0.4) is 0 Å². The Morgan fingerprint density at radius 2 is 2.00 bits per heavy atom. The van der Waals surface area contributed by atoms with Gasteiger partial charge in [0.1, 0.15) is 0 Å². The maximum Gasteiger partial charge on any atom is 0.204 e. The Labute approximate surface area is 99.5 Å². The number of nitrogens with zero attached hydrogens (tertiary/aromatic N) is 1. The summed E-state index contributed by atoms with van der Waals surface area (Å²) in [4.78, 5) is 4.59. The number of aryl methyl sites for hydroxylation is 1. The van der Waals surface area contributed by atoms with Gasteiger partial charge in [0.25, 0.3) is 0 Å². The molecule has 78 valence electrons. The zero-order valence-corrected chi connectivity index (χ0v) is 9.79. The average molecular weight is 225 g/mol. The first kappa shape index (κ1) is 10.7. The first-order valence-electron chi connectivity index (χ1n) is 4.99. The van der Waals surface area contributed by atoms with Crippen LogP contribution in [0.15, 0.2) is 41.8 Å². The molecule has 0 radical (unpaired) electrons. The van der Waals surface area contributed by atoms with Gasteiger partial charge in [-0.2, -0.15) is 11.3 Å². The molecule has 0 bridgehead atoms. The number of hydrogen-bond donors (Lipinski definition) is 0. The summed E-state index contributed by atoms with van der Waals surface area (Å²) in [5.41, 5.74) is 3.02. The summed E-state index contributed by atoms with van der Waals surface area (Å²) >= 11 is 1.60. The molecule has 0 amide bonds. The minimum Gasteiger partial charge on any atom is -0.237 e. The van der Waals surface area contributed by atoms with Crippen LogP contribution in [-0.2, 0) is 0 Å². The predicted molar refractivity (Wildman–Crippen MR) is 70.0 cm³/mol. The van der Waals surface area contributed by atoms with Crippen LogP contribution in [0.2, 0.25) is 0 Å². The second kappa shape index (κ2) is 4.78. The molecule has 1 nitrogen and oxygen atoms in total. The van der Waals surface area contributed by atoms with Crippen LogP contribution in [0.1, 0.15) is 16.0 Å². The van der Waals surface area contributed by atoms with E-state index in [-0.39, 0.29) is 0 Å². The van der Waals surface area contributed by atoms with Gasteiger partial charge in [-0.05, 0) is 23.9 Å². The van der Waals surface area contributed by atoms with Crippen molar-refractivity contribution in [2.24, 2.45) is 0 Å². The van der Waals surface area contributed by atoms with Gasteiger partial charge in [-0.15, -0.1) is 0 Å². The van der Waals surface area contributed by atoms with Crippen LogP contribution < -0.4 is 0 Å². The lowest BCUT2D eigenvalue weighted by atomic mass is 10.1. The Hall–Kier alpha value is -1.85. The Balaban J connectivity index is 2.36. The SMILES string of the molecule is [C-]#[N+]C(=Cc1ccc(C)cc1)c1cccs1. The maximum absolute atomic E-state index is 7.19. The molecule has 0 saturated heterocycles. The van der Waals surface area contributed by atoms with Crippen molar-refractivity contribution in [2.45, 2.75) is 6.92 Å². The molecule has 2 heteroatoms. The van der Waals surface area contributed by atoms with Gasteiger partial charge < -0.3 is 0 Å². The van der Waals surface area contributed by atoms with Crippen LogP contribution >= 0.6 is 11.3 Å². The number of benzene rings is 1. The van der Waals surface area contributed by atoms with Crippen molar-refractivity contribution in [2.75, 3.05) is 0 Å². The molecule has 1 aromatic heterocycles. The van der Waals surface area contributed by atoms with E-state index in [1.807, 2.05) is 35.7 Å². The van der Waals surface area contributed by atoms with E-state index >= 15 is 0 Å². The number of rotatable bonds is 2. The molecule has 0 aliphatic rings. The lowest BCUT2D eigenvalue weighted by Crippen LogP contribution is -1.76. The van der Waals surface area contributed by atoms with Gasteiger partial charge in [0, 0.05) is 4.88 Å². The number of hydrogen-bond acceptors (Lipinski definition) is 1. The second-order valence-electron chi connectivity index (χ2n) is 3.53. The molecule has 0 N–H and O–H groups in total. The van der Waals surface area contributed by atoms with E-state index in [1.54, 1.807) is 11.3 Å². The maximum atomic E-state index is 7.19. The fraction of sp³-hybridized carbons (Fsp3) is 0.0714. The van der Waals surface area contributed by atoms with Crippen molar-refractivity contribution in [3.63, 3.8) is 0 Å². The van der Waals surface area contributed by atoms with E-state index in [4.69, 9.17) is 6.57 Å². The van der Waals surface area contributed by atoms with Gasteiger partial charge in [0.05, 0.1) is 6.57 Å². The molecule has 2 rings (SSSR count). The van der Waals surface area contributed by atoms with Crippen LogP contribution in [0.4, 0.5) is 0 Å². The molecule has 0 unspecified atom stereocenters. The third-order valence-electron chi connectivity index (χ3n) is 2.27. The fourth-order valence-corrected chi connectivity index (χ4v) is 2.09. The molecular weight excluding hydrogens is 214 g/mol. The van der Waals surface area contributed by atoms with E-state index in [1.165, 1.54) is 5.56 Å². The molecule has 1 aromatic carbocycles. The van der Waals surface area contributed by atoms with E-state index in [0.29, 0.717) is 5.70 Å². The first-order chi connectivity index (χ1) is 7.79. The van der Waals surface area contributed by atoms with Gasteiger partial charge in [-0.1, -0.05) is 42.0 Å². The van der Waals surface area contributed by atoms with Gasteiger partial charge in [0.2, 0.25) is 5.70 Å². The minimum atomic E-state index is 0.707. The summed E-state index contributed by atoms with van der Waals surface area (Å²) < 4.78 is 0. The molecule has 0 atom stereocenters. The van der Waals surface area contributed by atoms with E-state index in [9.17, 15) is 0 Å². The lowest BCUT2D eigenvalue weighted by Gasteiger charge is -1.97. The highest BCUT2D eigenvalue weighted by atomic mass is 32.1. The molecule has 0 aliphatic heterocycles. The summed E-state index contributed by atoms with van der Waals surface area (Å²) in [6.07, 6.45) is 1.93. The average Bonchev–Trinajstić information content (AvgIpc) is 2.82. The molecule has 2 aromatic rings. The monoisotopic (exact) mass is 225 g/mol. The van der Waals surface area contributed by atoms with Crippen molar-refractivity contribution in [3.05, 3.63) is 69.2 Å².